The van der Waals surface area contributed by atoms with E-state index in [2.05, 4.69) is 0 Å². The summed E-state index contributed by atoms with van der Waals surface area (Å²) in [4.78, 5) is 21.1. The lowest BCUT2D eigenvalue weighted by atomic mass is 10.2. The second kappa shape index (κ2) is 13.8. The normalized spacial score (nSPS) is 8.75. The molecule has 16 heavy (non-hydrogen) atoms. The van der Waals surface area contributed by atoms with Crippen LogP contribution in [0.3, 0.4) is 0 Å². The predicted molar refractivity (Wildman–Crippen MR) is 57.3 cm³/mol. The van der Waals surface area contributed by atoms with Gasteiger partial charge in [-0.25, -0.2) is 11.7 Å². The topological polar surface area (TPSA) is 151 Å². The molecule has 96 valence electrons. The molecule has 2 amide bonds. The van der Waals surface area contributed by atoms with Gasteiger partial charge in [-0.3, -0.25) is 20.4 Å². The Balaban J connectivity index is 0. The fourth-order valence-corrected chi connectivity index (χ4v) is 0.715. The molecule has 0 atom stereocenters. The fourth-order valence-electron chi connectivity index (χ4n) is 0.715. The molecule has 0 saturated heterocycles. The van der Waals surface area contributed by atoms with Crippen LogP contribution >= 0.6 is 0 Å². The summed E-state index contributed by atoms with van der Waals surface area (Å²) in [6, 6.07) is 0. The van der Waals surface area contributed by atoms with Gasteiger partial charge >= 0.3 is 0 Å². The maximum atomic E-state index is 10.6. The van der Waals surface area contributed by atoms with E-state index in [0.717, 1.165) is 0 Å². The van der Waals surface area contributed by atoms with E-state index in [9.17, 15) is 9.59 Å². The van der Waals surface area contributed by atoms with Crippen molar-refractivity contribution < 1.29 is 19.8 Å². The van der Waals surface area contributed by atoms with Crippen molar-refractivity contribution >= 4 is 11.8 Å². The van der Waals surface area contributed by atoms with Crippen molar-refractivity contribution in [1.82, 2.24) is 10.9 Å². The first-order valence-corrected chi connectivity index (χ1v) is 4.83. The number of aliphatic hydroxyl groups is 2. The number of hydrogen-bond donors (Lipinski definition) is 6. The molecule has 0 radical (unpaired) electrons. The first-order valence-electron chi connectivity index (χ1n) is 4.83. The van der Waals surface area contributed by atoms with Crippen molar-refractivity contribution in [2.45, 2.75) is 25.7 Å². The standard InChI is InChI=1S/C6H14N4O2.C2H6O2/c7-9-5(11)3-1-2-4-6(12)10-8;3-1-2-4/h1-4,7-8H2,(H,9,11)(H,10,12);3-4H,1-2H2. The smallest absolute Gasteiger partial charge is 0.233 e. The number of carbonyl (C=O) groups is 2. The van der Waals surface area contributed by atoms with Crippen molar-refractivity contribution in [3.05, 3.63) is 0 Å². The Kier molecular flexibility index (Phi) is 14.8. The number of carbonyl (C=O) groups excluding carboxylic acids is 2. The number of nitrogens with one attached hydrogen (secondary N) is 2. The Morgan fingerprint density at radius 1 is 0.875 bits per heavy atom. The van der Waals surface area contributed by atoms with Crippen LogP contribution in [0, 0.1) is 0 Å². The van der Waals surface area contributed by atoms with E-state index in [1.54, 1.807) is 0 Å². The molecular weight excluding hydrogens is 216 g/mol. The molecule has 0 aromatic rings. The molecule has 0 heterocycles. The van der Waals surface area contributed by atoms with E-state index in [4.69, 9.17) is 21.9 Å². The average molecular weight is 236 g/mol. The molecule has 0 fully saturated rings. The second-order valence-electron chi connectivity index (χ2n) is 2.79. The number of hydrogen-bond acceptors (Lipinski definition) is 6. The van der Waals surface area contributed by atoms with E-state index in [1.807, 2.05) is 10.9 Å². The van der Waals surface area contributed by atoms with Crippen molar-refractivity contribution in [1.29, 1.82) is 0 Å². The van der Waals surface area contributed by atoms with Gasteiger partial charge in [-0.2, -0.15) is 0 Å². The zero-order chi connectivity index (χ0) is 12.8. The molecule has 0 aliphatic carbocycles. The fraction of sp³-hybridized carbons (Fsp3) is 0.750. The lowest BCUT2D eigenvalue weighted by Crippen LogP contribution is -2.30. The Bertz CT molecular complexity index is 169. The average Bonchev–Trinajstić information content (AvgIpc) is 2.34. The third-order valence-corrected chi connectivity index (χ3v) is 1.48. The summed E-state index contributed by atoms with van der Waals surface area (Å²) in [6.45, 7) is -0.250. The van der Waals surface area contributed by atoms with Gasteiger partial charge in [-0.05, 0) is 12.8 Å². The van der Waals surface area contributed by atoms with Crippen LogP contribution in [0.2, 0.25) is 0 Å². The minimum Gasteiger partial charge on any atom is -0.394 e. The first-order chi connectivity index (χ1) is 7.62. The zero-order valence-corrected chi connectivity index (χ0v) is 9.11. The first kappa shape index (κ1) is 17.2. The SMILES string of the molecule is NNC(=O)CCCCC(=O)NN.OCCO. The Morgan fingerprint density at radius 2 is 1.19 bits per heavy atom. The maximum Gasteiger partial charge on any atom is 0.233 e. The summed E-state index contributed by atoms with van der Waals surface area (Å²) in [5.74, 6) is 9.24. The highest BCUT2D eigenvalue weighted by Gasteiger charge is 2.00. The molecule has 0 bridgehead atoms. The molecule has 0 unspecified atom stereocenters. The van der Waals surface area contributed by atoms with Crippen molar-refractivity contribution in [2.75, 3.05) is 13.2 Å². The van der Waals surface area contributed by atoms with E-state index in [0.29, 0.717) is 25.7 Å². The third kappa shape index (κ3) is 15.3. The lowest BCUT2D eigenvalue weighted by molar-refractivity contribution is -0.123. The monoisotopic (exact) mass is 236 g/mol. The van der Waals surface area contributed by atoms with Gasteiger partial charge in [0.25, 0.3) is 0 Å². The highest BCUT2D eigenvalue weighted by atomic mass is 16.3. The molecule has 0 aliphatic heterocycles. The van der Waals surface area contributed by atoms with Crippen LogP contribution < -0.4 is 22.5 Å². The minimum atomic E-state index is -0.219. The lowest BCUT2D eigenvalue weighted by Gasteiger charge is -1.99. The number of amides is 2. The highest BCUT2D eigenvalue weighted by molar-refractivity contribution is 5.76. The van der Waals surface area contributed by atoms with E-state index in [1.165, 1.54) is 0 Å². The Morgan fingerprint density at radius 3 is 1.38 bits per heavy atom. The van der Waals surface area contributed by atoms with E-state index in [-0.39, 0.29) is 25.0 Å². The summed E-state index contributed by atoms with van der Waals surface area (Å²) in [6.07, 6.45) is 1.95. The summed E-state index contributed by atoms with van der Waals surface area (Å²) >= 11 is 0. The number of unbranched alkanes of at least 4 members (excludes halogenated alkanes) is 1. The van der Waals surface area contributed by atoms with Gasteiger partial charge in [-0.1, -0.05) is 0 Å². The van der Waals surface area contributed by atoms with Crippen LogP contribution in [-0.4, -0.2) is 35.2 Å². The van der Waals surface area contributed by atoms with Gasteiger partial charge in [0, 0.05) is 12.8 Å². The van der Waals surface area contributed by atoms with Crippen LogP contribution in [0.25, 0.3) is 0 Å². The van der Waals surface area contributed by atoms with Gasteiger partial charge in [0.1, 0.15) is 0 Å². The zero-order valence-electron chi connectivity index (χ0n) is 9.11. The molecule has 8 nitrogen and oxygen atoms in total. The third-order valence-electron chi connectivity index (χ3n) is 1.48. The minimum absolute atomic E-state index is 0.125. The van der Waals surface area contributed by atoms with Gasteiger partial charge in [0.2, 0.25) is 11.8 Å². The maximum absolute atomic E-state index is 10.6. The largest absolute Gasteiger partial charge is 0.394 e. The summed E-state index contributed by atoms with van der Waals surface area (Å²) in [5.41, 5.74) is 4.01. The van der Waals surface area contributed by atoms with Gasteiger partial charge in [-0.15, -0.1) is 0 Å². The molecule has 0 spiro atoms. The summed E-state index contributed by atoms with van der Waals surface area (Å²) in [7, 11) is 0. The molecule has 0 aromatic heterocycles. The van der Waals surface area contributed by atoms with Crippen molar-refractivity contribution in [2.24, 2.45) is 11.7 Å². The number of nitrogens with two attached hydrogens (primary N) is 2. The Hall–Kier alpha value is -1.22. The second-order valence-corrected chi connectivity index (χ2v) is 2.79. The van der Waals surface area contributed by atoms with Crippen LogP contribution in [0.15, 0.2) is 0 Å². The molecule has 0 aliphatic rings. The molecule has 8 heteroatoms. The van der Waals surface area contributed by atoms with E-state index >= 15 is 0 Å². The molecule has 8 N–H and O–H groups in total. The number of hydrazine groups is 2. The summed E-state index contributed by atoms with van der Waals surface area (Å²) < 4.78 is 0. The predicted octanol–water partition coefficient (Wildman–Crippen LogP) is -2.50. The van der Waals surface area contributed by atoms with Crippen LogP contribution in [0.4, 0.5) is 0 Å². The molecular formula is C8H20N4O4. The number of aliphatic hydroxyl groups excluding tert-OH is 2. The van der Waals surface area contributed by atoms with E-state index < -0.39 is 0 Å². The summed E-state index contributed by atoms with van der Waals surface area (Å²) in [5, 5.41) is 15.2. The van der Waals surface area contributed by atoms with Crippen LogP contribution in [0.5, 0.6) is 0 Å². The van der Waals surface area contributed by atoms with Gasteiger partial charge < -0.3 is 10.2 Å². The molecule has 0 rings (SSSR count). The van der Waals surface area contributed by atoms with Crippen LogP contribution in [-0.2, 0) is 9.59 Å². The number of rotatable bonds is 6. The van der Waals surface area contributed by atoms with Crippen molar-refractivity contribution in [3.63, 3.8) is 0 Å². The van der Waals surface area contributed by atoms with Gasteiger partial charge in [0.05, 0.1) is 13.2 Å². The quantitative estimate of drug-likeness (QED) is 0.130. The van der Waals surface area contributed by atoms with Crippen LogP contribution in [0.1, 0.15) is 25.7 Å². The molecule has 0 saturated carbocycles. The highest BCUT2D eigenvalue weighted by Crippen LogP contribution is 1.98. The van der Waals surface area contributed by atoms with Crippen molar-refractivity contribution in [3.8, 4) is 0 Å². The Labute approximate surface area is 93.9 Å². The molecule has 0 aromatic carbocycles. The van der Waals surface area contributed by atoms with Gasteiger partial charge in [0.15, 0.2) is 0 Å².